The molecule has 1 saturated carbocycles. The second-order valence-electron chi connectivity index (χ2n) is 7.29. The van der Waals surface area contributed by atoms with Crippen molar-refractivity contribution < 1.29 is 0 Å². The molecule has 3 aliphatic rings. The van der Waals surface area contributed by atoms with Gasteiger partial charge in [0.2, 0.25) is 0 Å². The Morgan fingerprint density at radius 3 is 2.95 bits per heavy atom. The van der Waals surface area contributed by atoms with Gasteiger partial charge in [0.15, 0.2) is 0 Å². The third kappa shape index (κ3) is 2.20. The van der Waals surface area contributed by atoms with Crippen LogP contribution in [0.5, 0.6) is 0 Å². The van der Waals surface area contributed by atoms with Crippen molar-refractivity contribution in [3.05, 3.63) is 35.4 Å². The summed E-state index contributed by atoms with van der Waals surface area (Å²) in [5.74, 6) is 0.979. The Morgan fingerprint density at radius 1 is 1.10 bits per heavy atom. The van der Waals surface area contributed by atoms with Crippen molar-refractivity contribution in [1.82, 2.24) is 5.32 Å². The number of hydrogen-bond donors (Lipinski definition) is 1. The lowest BCUT2D eigenvalue weighted by Crippen LogP contribution is -2.34. The standard InChI is InChI=1S/C19H27N/c1-2-9-18-15(6-1)7-5-12-19(18)14-16(19)10-11-17-8-3-4-13-20-17/h1-2,6,9,16-17,20H,3-5,7-8,10-14H2. The van der Waals surface area contributed by atoms with Crippen LogP contribution in [-0.2, 0) is 11.8 Å². The van der Waals surface area contributed by atoms with E-state index in [-0.39, 0.29) is 0 Å². The van der Waals surface area contributed by atoms with Gasteiger partial charge in [0.25, 0.3) is 0 Å². The molecular formula is C19H27N. The van der Waals surface area contributed by atoms with Crippen LogP contribution in [0.2, 0.25) is 0 Å². The molecule has 0 radical (unpaired) electrons. The van der Waals surface area contributed by atoms with Gasteiger partial charge in [0.1, 0.15) is 0 Å². The maximum absolute atomic E-state index is 3.71. The number of fused-ring (bicyclic) bond motifs is 2. The Hall–Kier alpha value is -0.820. The largest absolute Gasteiger partial charge is 0.314 e. The third-order valence-corrected chi connectivity index (χ3v) is 6.13. The van der Waals surface area contributed by atoms with E-state index in [2.05, 4.69) is 29.6 Å². The normalized spacial score (nSPS) is 35.8. The number of rotatable bonds is 3. The predicted octanol–water partition coefficient (Wildman–Crippen LogP) is 4.20. The molecule has 2 fully saturated rings. The summed E-state index contributed by atoms with van der Waals surface area (Å²) in [6.07, 6.45) is 12.7. The summed E-state index contributed by atoms with van der Waals surface area (Å²) < 4.78 is 0. The van der Waals surface area contributed by atoms with Gasteiger partial charge < -0.3 is 5.32 Å². The van der Waals surface area contributed by atoms with Gasteiger partial charge >= 0.3 is 0 Å². The summed E-state index contributed by atoms with van der Waals surface area (Å²) in [5.41, 5.74) is 3.97. The zero-order valence-electron chi connectivity index (χ0n) is 12.5. The zero-order valence-corrected chi connectivity index (χ0v) is 12.5. The van der Waals surface area contributed by atoms with E-state index in [0.717, 1.165) is 12.0 Å². The van der Waals surface area contributed by atoms with E-state index in [0.29, 0.717) is 5.41 Å². The van der Waals surface area contributed by atoms with Crippen molar-refractivity contribution in [2.75, 3.05) is 6.54 Å². The molecule has 1 nitrogen and oxygen atoms in total. The molecule has 3 unspecified atom stereocenters. The lowest BCUT2D eigenvalue weighted by molar-refractivity contribution is 0.360. The number of hydrogen-bond acceptors (Lipinski definition) is 1. The molecule has 1 heterocycles. The summed E-state index contributed by atoms with van der Waals surface area (Å²) in [4.78, 5) is 0. The second-order valence-corrected chi connectivity index (χ2v) is 7.29. The van der Waals surface area contributed by atoms with Crippen molar-refractivity contribution >= 4 is 0 Å². The molecule has 1 heteroatoms. The molecular weight excluding hydrogens is 242 g/mol. The second kappa shape index (κ2) is 5.18. The zero-order chi connectivity index (χ0) is 13.4. The molecule has 0 amide bonds. The molecule has 1 saturated heterocycles. The number of nitrogens with one attached hydrogen (secondary N) is 1. The Bertz CT molecular complexity index is 474. The lowest BCUT2D eigenvalue weighted by atomic mass is 9.78. The topological polar surface area (TPSA) is 12.0 Å². The van der Waals surface area contributed by atoms with Gasteiger partial charge in [0.05, 0.1) is 0 Å². The van der Waals surface area contributed by atoms with E-state index in [1.165, 1.54) is 64.3 Å². The molecule has 4 rings (SSSR count). The Balaban J connectivity index is 1.41. The van der Waals surface area contributed by atoms with Crippen molar-refractivity contribution in [3.63, 3.8) is 0 Å². The van der Waals surface area contributed by atoms with Gasteiger partial charge in [-0.05, 0) is 80.4 Å². The van der Waals surface area contributed by atoms with E-state index >= 15 is 0 Å². The third-order valence-electron chi connectivity index (χ3n) is 6.13. The first-order valence-electron chi connectivity index (χ1n) is 8.70. The highest BCUT2D eigenvalue weighted by Crippen LogP contribution is 2.62. The molecule has 1 spiro atoms. The highest BCUT2D eigenvalue weighted by molar-refractivity contribution is 5.42. The van der Waals surface area contributed by atoms with Crippen molar-refractivity contribution in [3.8, 4) is 0 Å². The maximum atomic E-state index is 3.71. The van der Waals surface area contributed by atoms with E-state index < -0.39 is 0 Å². The smallest absolute Gasteiger partial charge is 0.00671 e. The van der Waals surface area contributed by atoms with Gasteiger partial charge in [-0.25, -0.2) is 0 Å². The van der Waals surface area contributed by atoms with Crippen LogP contribution >= 0.6 is 0 Å². The lowest BCUT2D eigenvalue weighted by Gasteiger charge is -2.28. The molecule has 0 aromatic heterocycles. The fraction of sp³-hybridized carbons (Fsp3) is 0.684. The summed E-state index contributed by atoms with van der Waals surface area (Å²) in [5, 5.41) is 3.71. The molecule has 1 aromatic rings. The number of aryl methyl sites for hydroxylation is 1. The number of piperidine rings is 1. The van der Waals surface area contributed by atoms with Crippen LogP contribution in [0, 0.1) is 5.92 Å². The average molecular weight is 269 g/mol. The molecule has 3 atom stereocenters. The van der Waals surface area contributed by atoms with E-state index in [9.17, 15) is 0 Å². The molecule has 20 heavy (non-hydrogen) atoms. The van der Waals surface area contributed by atoms with Crippen LogP contribution in [0.4, 0.5) is 0 Å². The van der Waals surface area contributed by atoms with Crippen molar-refractivity contribution in [2.45, 2.75) is 69.2 Å². The number of benzene rings is 1. The summed E-state index contributed by atoms with van der Waals surface area (Å²) in [6, 6.07) is 10.1. The molecule has 2 aliphatic carbocycles. The quantitative estimate of drug-likeness (QED) is 0.867. The van der Waals surface area contributed by atoms with Gasteiger partial charge in [-0.3, -0.25) is 0 Å². The maximum Gasteiger partial charge on any atom is 0.00671 e. The van der Waals surface area contributed by atoms with Gasteiger partial charge in [-0.1, -0.05) is 30.7 Å². The molecule has 108 valence electrons. The van der Waals surface area contributed by atoms with Crippen LogP contribution in [0.25, 0.3) is 0 Å². The van der Waals surface area contributed by atoms with Crippen LogP contribution in [0.15, 0.2) is 24.3 Å². The Kier molecular flexibility index (Phi) is 3.34. The summed E-state index contributed by atoms with van der Waals surface area (Å²) >= 11 is 0. The van der Waals surface area contributed by atoms with E-state index in [1.807, 2.05) is 0 Å². The molecule has 1 aromatic carbocycles. The minimum absolute atomic E-state index is 0.601. The molecule has 1 aliphatic heterocycles. The minimum atomic E-state index is 0.601. The highest BCUT2D eigenvalue weighted by Gasteiger charge is 2.55. The van der Waals surface area contributed by atoms with E-state index in [4.69, 9.17) is 0 Å². The molecule has 0 bridgehead atoms. The average Bonchev–Trinajstić information content (AvgIpc) is 3.20. The van der Waals surface area contributed by atoms with Crippen LogP contribution in [-0.4, -0.2) is 12.6 Å². The monoisotopic (exact) mass is 269 g/mol. The molecule has 1 N–H and O–H groups in total. The first-order valence-corrected chi connectivity index (χ1v) is 8.70. The Morgan fingerprint density at radius 2 is 2.05 bits per heavy atom. The van der Waals surface area contributed by atoms with Gasteiger partial charge in [-0.2, -0.15) is 0 Å². The highest BCUT2D eigenvalue weighted by atomic mass is 14.9. The SMILES string of the molecule is c1ccc2c(c1)CCCC21CC1CCC1CCCCN1. The summed E-state index contributed by atoms with van der Waals surface area (Å²) in [6.45, 7) is 1.25. The Labute approximate surface area is 123 Å². The van der Waals surface area contributed by atoms with Gasteiger partial charge in [0, 0.05) is 6.04 Å². The first kappa shape index (κ1) is 12.9. The van der Waals surface area contributed by atoms with Crippen LogP contribution in [0.3, 0.4) is 0 Å². The van der Waals surface area contributed by atoms with Crippen LogP contribution in [0.1, 0.15) is 62.5 Å². The van der Waals surface area contributed by atoms with Crippen molar-refractivity contribution in [1.29, 1.82) is 0 Å². The minimum Gasteiger partial charge on any atom is -0.314 e. The van der Waals surface area contributed by atoms with Gasteiger partial charge in [-0.15, -0.1) is 0 Å². The predicted molar refractivity (Wildman–Crippen MR) is 84.0 cm³/mol. The fourth-order valence-corrected chi connectivity index (χ4v) is 4.92. The van der Waals surface area contributed by atoms with E-state index in [1.54, 1.807) is 11.1 Å². The van der Waals surface area contributed by atoms with Crippen molar-refractivity contribution in [2.24, 2.45) is 5.92 Å². The van der Waals surface area contributed by atoms with Crippen LogP contribution < -0.4 is 5.32 Å². The first-order chi connectivity index (χ1) is 9.88. The fourth-order valence-electron chi connectivity index (χ4n) is 4.92. The summed E-state index contributed by atoms with van der Waals surface area (Å²) in [7, 11) is 0.